The molecule has 0 atom stereocenters. The Morgan fingerprint density at radius 2 is 2.21 bits per heavy atom. The molecule has 8 heteroatoms. The van der Waals surface area contributed by atoms with Crippen LogP contribution < -0.4 is 5.32 Å². The first-order valence-electron chi connectivity index (χ1n) is 5.93. The molecule has 106 valence electrons. The summed E-state index contributed by atoms with van der Waals surface area (Å²) >= 11 is 1.08. The lowest BCUT2D eigenvalue weighted by Gasteiger charge is -2.18. The van der Waals surface area contributed by atoms with E-state index < -0.39 is 16.0 Å². The van der Waals surface area contributed by atoms with Crippen LogP contribution in [0.15, 0.2) is 16.3 Å². The van der Waals surface area contributed by atoms with E-state index in [-0.39, 0.29) is 4.90 Å². The van der Waals surface area contributed by atoms with E-state index in [0.717, 1.165) is 24.3 Å². The fourth-order valence-electron chi connectivity index (χ4n) is 1.87. The zero-order valence-corrected chi connectivity index (χ0v) is 12.2. The molecule has 1 fully saturated rings. The second-order valence-electron chi connectivity index (χ2n) is 4.15. The second-order valence-corrected chi connectivity index (χ2v) is 7.00. The molecule has 19 heavy (non-hydrogen) atoms. The molecule has 1 aromatic rings. The molecule has 0 aromatic carbocycles. The summed E-state index contributed by atoms with van der Waals surface area (Å²) in [6.45, 7) is 2.42. The van der Waals surface area contributed by atoms with Crippen molar-refractivity contribution in [3.8, 4) is 0 Å². The Bertz CT molecular complexity index is 545. The van der Waals surface area contributed by atoms with Gasteiger partial charge in [-0.25, -0.2) is 13.2 Å². The minimum absolute atomic E-state index is 0.166. The molecule has 2 heterocycles. The third-order valence-electron chi connectivity index (χ3n) is 2.90. The number of hydrogen-bond acceptors (Lipinski definition) is 6. The number of nitrogens with zero attached hydrogens (tertiary/aromatic N) is 1. The Kier molecular flexibility index (Phi) is 4.56. The highest BCUT2D eigenvalue weighted by Gasteiger charge is 2.27. The summed E-state index contributed by atoms with van der Waals surface area (Å²) in [7, 11) is -2.24. The summed E-state index contributed by atoms with van der Waals surface area (Å²) in [4.78, 5) is 11.8. The molecular formula is C11H16N2O4S2. The number of carbonyl (C=O) groups is 1. The molecule has 0 amide bonds. The number of hydrogen-bond donors (Lipinski definition) is 1. The first-order valence-corrected chi connectivity index (χ1v) is 8.25. The van der Waals surface area contributed by atoms with E-state index in [9.17, 15) is 13.2 Å². The third-order valence-corrected chi connectivity index (χ3v) is 5.83. The number of nitrogens with one attached hydrogen (secondary N) is 1. The fourth-order valence-corrected chi connectivity index (χ4v) is 4.53. The molecule has 0 aliphatic carbocycles. The van der Waals surface area contributed by atoms with Gasteiger partial charge in [0.1, 0.15) is 4.88 Å². The lowest BCUT2D eigenvalue weighted by atomic mass is 10.4. The van der Waals surface area contributed by atoms with Gasteiger partial charge in [-0.05, 0) is 19.0 Å². The van der Waals surface area contributed by atoms with Gasteiger partial charge in [0.25, 0.3) is 0 Å². The molecule has 6 nitrogen and oxygen atoms in total. The standard InChI is InChI=1S/C11H16N2O4S2/c1-17-11(14)10-7-9(8-18-10)19(15,16)13-5-2-3-12-4-6-13/h7-8,12H,2-6H2,1H3. The largest absolute Gasteiger partial charge is 0.465 e. The topological polar surface area (TPSA) is 75.7 Å². The van der Waals surface area contributed by atoms with Gasteiger partial charge in [0.05, 0.1) is 12.0 Å². The van der Waals surface area contributed by atoms with Crippen molar-refractivity contribution in [1.82, 2.24) is 9.62 Å². The van der Waals surface area contributed by atoms with Crippen LogP contribution in [0.4, 0.5) is 0 Å². The highest BCUT2D eigenvalue weighted by molar-refractivity contribution is 7.89. The molecule has 0 radical (unpaired) electrons. The number of sulfonamides is 1. The molecule has 1 N–H and O–H groups in total. The predicted octanol–water partition coefficient (Wildman–Crippen LogP) is 0.519. The van der Waals surface area contributed by atoms with Gasteiger partial charge in [0.15, 0.2) is 0 Å². The maximum Gasteiger partial charge on any atom is 0.348 e. The molecule has 1 aliphatic rings. The Morgan fingerprint density at radius 3 is 2.95 bits per heavy atom. The summed E-state index contributed by atoms with van der Waals surface area (Å²) in [6, 6.07) is 1.38. The molecule has 0 spiro atoms. The molecule has 1 aliphatic heterocycles. The first kappa shape index (κ1) is 14.4. The summed E-state index contributed by atoms with van der Waals surface area (Å²) in [5.41, 5.74) is 0. The van der Waals surface area contributed by atoms with Crippen LogP contribution >= 0.6 is 11.3 Å². The SMILES string of the molecule is COC(=O)c1cc(S(=O)(=O)N2CCCNCC2)cs1. The Hall–Kier alpha value is -0.960. The maximum atomic E-state index is 12.4. The highest BCUT2D eigenvalue weighted by Crippen LogP contribution is 2.23. The average molecular weight is 304 g/mol. The van der Waals surface area contributed by atoms with Crippen molar-refractivity contribution in [2.24, 2.45) is 0 Å². The average Bonchev–Trinajstić information content (AvgIpc) is 2.74. The third kappa shape index (κ3) is 3.14. The van der Waals surface area contributed by atoms with Crippen molar-refractivity contribution in [3.05, 3.63) is 16.3 Å². The van der Waals surface area contributed by atoms with Crippen LogP contribution in [-0.4, -0.2) is 52.0 Å². The zero-order chi connectivity index (χ0) is 13.9. The molecular weight excluding hydrogens is 288 g/mol. The Labute approximate surface area is 116 Å². The lowest BCUT2D eigenvalue weighted by Crippen LogP contribution is -2.34. The smallest absolute Gasteiger partial charge is 0.348 e. The van der Waals surface area contributed by atoms with Gasteiger partial charge in [-0.15, -0.1) is 11.3 Å². The van der Waals surface area contributed by atoms with Crippen LogP contribution in [0, 0.1) is 0 Å². The monoisotopic (exact) mass is 304 g/mol. The van der Waals surface area contributed by atoms with Crippen molar-refractivity contribution in [3.63, 3.8) is 0 Å². The van der Waals surface area contributed by atoms with E-state index in [1.165, 1.54) is 22.9 Å². The quantitative estimate of drug-likeness (QED) is 0.824. The molecule has 0 bridgehead atoms. The summed E-state index contributed by atoms with van der Waals surface area (Å²) in [5.74, 6) is -0.510. The molecule has 0 saturated carbocycles. The van der Waals surface area contributed by atoms with Gasteiger partial charge in [-0.3, -0.25) is 0 Å². The van der Waals surface area contributed by atoms with Gasteiger partial charge in [0.2, 0.25) is 10.0 Å². The molecule has 1 aromatic heterocycles. The van der Waals surface area contributed by atoms with Gasteiger partial charge >= 0.3 is 5.97 Å². The van der Waals surface area contributed by atoms with E-state index in [1.54, 1.807) is 0 Å². The van der Waals surface area contributed by atoms with Gasteiger partial charge < -0.3 is 10.1 Å². The number of methoxy groups -OCH3 is 1. The van der Waals surface area contributed by atoms with Crippen LogP contribution in [-0.2, 0) is 14.8 Å². The van der Waals surface area contributed by atoms with Crippen molar-refractivity contribution < 1.29 is 17.9 Å². The van der Waals surface area contributed by atoms with Gasteiger partial charge in [-0.2, -0.15) is 4.31 Å². The zero-order valence-electron chi connectivity index (χ0n) is 10.6. The minimum Gasteiger partial charge on any atom is -0.465 e. The molecule has 2 rings (SSSR count). The van der Waals surface area contributed by atoms with Crippen molar-refractivity contribution in [2.45, 2.75) is 11.3 Å². The van der Waals surface area contributed by atoms with Crippen molar-refractivity contribution >= 4 is 27.3 Å². The number of carbonyl (C=O) groups excluding carboxylic acids is 1. The summed E-state index contributed by atoms with van der Waals surface area (Å²) < 4.78 is 30.9. The predicted molar refractivity (Wildman–Crippen MR) is 71.9 cm³/mol. The van der Waals surface area contributed by atoms with E-state index in [2.05, 4.69) is 10.1 Å². The van der Waals surface area contributed by atoms with Crippen LogP contribution in [0.25, 0.3) is 0 Å². The molecule has 0 unspecified atom stereocenters. The normalized spacial score (nSPS) is 17.9. The van der Waals surface area contributed by atoms with Crippen molar-refractivity contribution in [2.75, 3.05) is 33.3 Å². The number of rotatable bonds is 3. The van der Waals surface area contributed by atoms with E-state index >= 15 is 0 Å². The minimum atomic E-state index is -3.51. The van der Waals surface area contributed by atoms with Crippen LogP contribution in [0.2, 0.25) is 0 Å². The van der Waals surface area contributed by atoms with E-state index in [4.69, 9.17) is 0 Å². The first-order chi connectivity index (χ1) is 9.05. The van der Waals surface area contributed by atoms with E-state index in [0.29, 0.717) is 24.5 Å². The molecule has 1 saturated heterocycles. The summed E-state index contributed by atoms with van der Waals surface area (Å²) in [6.07, 6.45) is 0.785. The van der Waals surface area contributed by atoms with E-state index in [1.807, 2.05) is 0 Å². The maximum absolute atomic E-state index is 12.4. The van der Waals surface area contributed by atoms with Crippen molar-refractivity contribution in [1.29, 1.82) is 0 Å². The van der Waals surface area contributed by atoms with Gasteiger partial charge in [0, 0.05) is 25.0 Å². The Balaban J connectivity index is 2.23. The highest BCUT2D eigenvalue weighted by atomic mass is 32.2. The number of esters is 1. The van der Waals surface area contributed by atoms with Crippen LogP contribution in [0.3, 0.4) is 0 Å². The lowest BCUT2D eigenvalue weighted by molar-refractivity contribution is 0.0606. The van der Waals surface area contributed by atoms with Crippen LogP contribution in [0.1, 0.15) is 16.1 Å². The second kappa shape index (κ2) is 6.00. The number of thiophene rings is 1. The van der Waals surface area contributed by atoms with Gasteiger partial charge in [-0.1, -0.05) is 0 Å². The van der Waals surface area contributed by atoms with Crippen LogP contribution in [0.5, 0.6) is 0 Å². The Morgan fingerprint density at radius 1 is 1.42 bits per heavy atom. The number of ether oxygens (including phenoxy) is 1. The fraction of sp³-hybridized carbons (Fsp3) is 0.545. The summed E-state index contributed by atoms with van der Waals surface area (Å²) in [5, 5.41) is 4.64.